The molecule has 166 valence electrons. The molecule has 0 amide bonds. The van der Waals surface area contributed by atoms with Gasteiger partial charge in [0, 0.05) is 24.2 Å². The van der Waals surface area contributed by atoms with Gasteiger partial charge in [0.25, 0.3) is 0 Å². The molecule has 7 rings (SSSR count). The quantitative estimate of drug-likeness (QED) is 0.262. The highest BCUT2D eigenvalue weighted by molar-refractivity contribution is 6.13. The van der Waals surface area contributed by atoms with Crippen LogP contribution in [-0.4, -0.2) is 15.2 Å². The van der Waals surface area contributed by atoms with E-state index < -0.39 is 0 Å². The smallest absolute Gasteiger partial charge is 0.0565 e. The summed E-state index contributed by atoms with van der Waals surface area (Å²) in [6, 6.07) is 26.1. The van der Waals surface area contributed by atoms with Gasteiger partial charge in [0.2, 0.25) is 0 Å². The summed E-state index contributed by atoms with van der Waals surface area (Å²) in [4.78, 5) is 4.01. The zero-order valence-corrected chi connectivity index (χ0v) is 19.3. The van der Waals surface area contributed by atoms with E-state index in [1.54, 1.807) is 11.1 Å². The fraction of sp³-hybridized carbons (Fsp3) is 0.161. The van der Waals surface area contributed by atoms with Crippen molar-refractivity contribution in [2.24, 2.45) is 0 Å². The SMILES string of the molecule is CC1CCCc2c1ccc1c2ccc2c(-c3cn[nH]c3)cccc21.c1ccc2cnccc2c1. The van der Waals surface area contributed by atoms with Gasteiger partial charge in [-0.3, -0.25) is 10.1 Å². The van der Waals surface area contributed by atoms with Crippen LogP contribution in [0.5, 0.6) is 0 Å². The predicted molar refractivity (Wildman–Crippen MR) is 142 cm³/mol. The number of hydrogen-bond donors (Lipinski definition) is 1. The number of H-pyrrole nitrogens is 1. The molecular weight excluding hydrogens is 414 g/mol. The monoisotopic (exact) mass is 441 g/mol. The molecule has 1 unspecified atom stereocenters. The fourth-order valence-electron chi connectivity index (χ4n) is 5.41. The number of aromatic nitrogens is 3. The van der Waals surface area contributed by atoms with Crippen LogP contribution in [0.4, 0.5) is 0 Å². The summed E-state index contributed by atoms with van der Waals surface area (Å²) in [5.74, 6) is 0.686. The van der Waals surface area contributed by atoms with Gasteiger partial charge < -0.3 is 0 Å². The molecule has 2 heterocycles. The number of nitrogens with zero attached hydrogens (tertiary/aromatic N) is 2. The van der Waals surface area contributed by atoms with Crippen molar-refractivity contribution in [1.29, 1.82) is 0 Å². The summed E-state index contributed by atoms with van der Waals surface area (Å²) in [5.41, 5.74) is 5.52. The highest BCUT2D eigenvalue weighted by Crippen LogP contribution is 2.39. The minimum atomic E-state index is 0.686. The van der Waals surface area contributed by atoms with E-state index in [1.165, 1.54) is 57.1 Å². The van der Waals surface area contributed by atoms with Crippen LogP contribution in [0.25, 0.3) is 43.4 Å². The van der Waals surface area contributed by atoms with Gasteiger partial charge in [0.15, 0.2) is 0 Å². The molecule has 0 aliphatic heterocycles. The number of aromatic amines is 1. The Hall–Kier alpha value is -3.98. The number of hydrogen-bond acceptors (Lipinski definition) is 2. The highest BCUT2D eigenvalue weighted by atomic mass is 15.1. The van der Waals surface area contributed by atoms with Gasteiger partial charge >= 0.3 is 0 Å². The molecule has 3 heteroatoms. The zero-order chi connectivity index (χ0) is 22.9. The summed E-state index contributed by atoms with van der Waals surface area (Å²) in [6.07, 6.45) is 11.4. The Morgan fingerprint density at radius 1 is 0.765 bits per heavy atom. The van der Waals surface area contributed by atoms with Crippen molar-refractivity contribution < 1.29 is 0 Å². The van der Waals surface area contributed by atoms with Crippen LogP contribution in [0.2, 0.25) is 0 Å². The van der Waals surface area contributed by atoms with Gasteiger partial charge in [-0.25, -0.2) is 0 Å². The van der Waals surface area contributed by atoms with Crippen LogP contribution < -0.4 is 0 Å². The van der Waals surface area contributed by atoms with E-state index in [0.717, 1.165) is 5.56 Å². The van der Waals surface area contributed by atoms with E-state index in [2.05, 4.69) is 76.7 Å². The lowest BCUT2D eigenvalue weighted by atomic mass is 9.80. The molecule has 0 fully saturated rings. The second kappa shape index (κ2) is 8.75. The van der Waals surface area contributed by atoms with Crippen molar-refractivity contribution in [3.8, 4) is 11.1 Å². The van der Waals surface area contributed by atoms with Crippen LogP contribution in [0.1, 0.15) is 36.8 Å². The number of nitrogens with one attached hydrogen (secondary N) is 1. The molecule has 1 atom stereocenters. The first-order valence-corrected chi connectivity index (χ1v) is 12.0. The molecule has 0 saturated heterocycles. The second-order valence-corrected chi connectivity index (χ2v) is 9.20. The molecule has 0 spiro atoms. The predicted octanol–water partition coefficient (Wildman–Crippen LogP) is 8.06. The topological polar surface area (TPSA) is 41.6 Å². The van der Waals surface area contributed by atoms with Crippen LogP contribution in [0, 0.1) is 0 Å². The maximum Gasteiger partial charge on any atom is 0.0565 e. The lowest BCUT2D eigenvalue weighted by molar-refractivity contribution is 0.593. The molecule has 0 bridgehead atoms. The van der Waals surface area contributed by atoms with E-state index in [4.69, 9.17) is 0 Å². The van der Waals surface area contributed by atoms with Gasteiger partial charge in [-0.05, 0) is 80.3 Å². The summed E-state index contributed by atoms with van der Waals surface area (Å²) < 4.78 is 0. The van der Waals surface area contributed by atoms with Crippen LogP contribution in [0.15, 0.2) is 97.6 Å². The van der Waals surface area contributed by atoms with Crippen molar-refractivity contribution in [2.75, 3.05) is 0 Å². The van der Waals surface area contributed by atoms with E-state index in [1.807, 2.05) is 43.0 Å². The Balaban J connectivity index is 0.000000182. The molecule has 4 aromatic carbocycles. The Labute approximate surface area is 199 Å². The number of fused-ring (bicyclic) bond motifs is 6. The zero-order valence-electron chi connectivity index (χ0n) is 19.3. The normalized spacial score (nSPS) is 15.1. The van der Waals surface area contributed by atoms with Crippen molar-refractivity contribution in [2.45, 2.75) is 32.1 Å². The second-order valence-electron chi connectivity index (χ2n) is 9.20. The highest BCUT2D eigenvalue weighted by Gasteiger charge is 2.19. The third-order valence-electron chi connectivity index (χ3n) is 7.16. The van der Waals surface area contributed by atoms with E-state index in [-0.39, 0.29) is 0 Å². The maximum absolute atomic E-state index is 4.11. The molecule has 3 nitrogen and oxygen atoms in total. The Morgan fingerprint density at radius 2 is 1.59 bits per heavy atom. The number of aryl methyl sites for hydroxylation is 1. The van der Waals surface area contributed by atoms with Crippen LogP contribution in [-0.2, 0) is 6.42 Å². The first-order valence-electron chi connectivity index (χ1n) is 12.0. The average molecular weight is 442 g/mol. The summed E-state index contributed by atoms with van der Waals surface area (Å²) >= 11 is 0. The van der Waals surface area contributed by atoms with Gasteiger partial charge in [-0.15, -0.1) is 0 Å². The van der Waals surface area contributed by atoms with Gasteiger partial charge in [0.1, 0.15) is 0 Å². The third-order valence-corrected chi connectivity index (χ3v) is 7.16. The van der Waals surface area contributed by atoms with Crippen molar-refractivity contribution in [3.05, 3.63) is 109 Å². The number of benzene rings is 4. The minimum Gasteiger partial charge on any atom is -0.285 e. The average Bonchev–Trinajstić information content (AvgIpc) is 3.43. The molecule has 0 radical (unpaired) electrons. The lowest BCUT2D eigenvalue weighted by Gasteiger charge is -2.24. The van der Waals surface area contributed by atoms with Crippen LogP contribution >= 0.6 is 0 Å². The number of pyridine rings is 1. The molecule has 1 aliphatic carbocycles. The van der Waals surface area contributed by atoms with Crippen molar-refractivity contribution >= 4 is 32.3 Å². The number of rotatable bonds is 1. The summed E-state index contributed by atoms with van der Waals surface area (Å²) in [6.45, 7) is 2.36. The lowest BCUT2D eigenvalue weighted by Crippen LogP contribution is -2.07. The van der Waals surface area contributed by atoms with Gasteiger partial charge in [-0.1, -0.05) is 73.7 Å². The van der Waals surface area contributed by atoms with Gasteiger partial charge in [0.05, 0.1) is 6.20 Å². The van der Waals surface area contributed by atoms with Gasteiger partial charge in [-0.2, -0.15) is 5.10 Å². The standard InChI is InChI=1S/C22H20N2.C9H7N/c1-14-4-2-6-18-16(14)8-9-22-19-7-3-5-17(15-12-23-24-13-15)20(19)10-11-21(18)22;1-2-4-9-7-10-6-5-8(9)3-1/h3,5,7-14H,2,4,6H2,1H3,(H,23,24);1-7H. The molecule has 6 aromatic rings. The first kappa shape index (κ1) is 20.6. The maximum atomic E-state index is 4.11. The minimum absolute atomic E-state index is 0.686. The first-order chi connectivity index (χ1) is 16.8. The third kappa shape index (κ3) is 3.63. The van der Waals surface area contributed by atoms with E-state index in [0.29, 0.717) is 5.92 Å². The molecule has 1 aliphatic rings. The summed E-state index contributed by atoms with van der Waals surface area (Å²) in [5, 5.41) is 14.9. The Bertz CT molecular complexity index is 1530. The Kier molecular flexibility index (Phi) is 5.31. The van der Waals surface area contributed by atoms with Crippen LogP contribution in [0.3, 0.4) is 0 Å². The van der Waals surface area contributed by atoms with E-state index in [9.17, 15) is 0 Å². The molecular formula is C31H27N3. The van der Waals surface area contributed by atoms with E-state index >= 15 is 0 Å². The molecule has 0 saturated carbocycles. The van der Waals surface area contributed by atoms with Crippen molar-refractivity contribution in [3.63, 3.8) is 0 Å². The Morgan fingerprint density at radius 3 is 2.44 bits per heavy atom. The molecule has 1 N–H and O–H groups in total. The molecule has 34 heavy (non-hydrogen) atoms. The summed E-state index contributed by atoms with van der Waals surface area (Å²) in [7, 11) is 0. The largest absolute Gasteiger partial charge is 0.285 e. The van der Waals surface area contributed by atoms with Crippen molar-refractivity contribution in [1.82, 2.24) is 15.2 Å². The molecule has 2 aromatic heterocycles. The fourth-order valence-corrected chi connectivity index (χ4v) is 5.41.